The van der Waals surface area contributed by atoms with Gasteiger partial charge in [-0.25, -0.2) is 0 Å². The molecule has 1 rings (SSSR count). The molecule has 112 valence electrons. The molecule has 1 N–H and O–H groups in total. The van der Waals surface area contributed by atoms with E-state index in [-0.39, 0.29) is 11.8 Å². The predicted molar refractivity (Wildman–Crippen MR) is 83.6 cm³/mol. The molecule has 0 saturated carbocycles. The molecule has 0 aromatic heterocycles. The molecule has 1 amide bonds. The summed E-state index contributed by atoms with van der Waals surface area (Å²) < 4.78 is 5.90. The normalized spacial score (nSPS) is 13.9. The third kappa shape index (κ3) is 4.29. The Labute approximate surface area is 130 Å². The topological polar surface area (TPSA) is 38.3 Å². The molecule has 0 spiro atoms. The third-order valence-corrected chi connectivity index (χ3v) is 3.69. The van der Waals surface area contributed by atoms with Crippen LogP contribution < -0.4 is 10.1 Å². The van der Waals surface area contributed by atoms with Crippen LogP contribution in [-0.4, -0.2) is 18.1 Å². The number of nitrogens with one attached hydrogen (secondary N) is 1. The molecule has 0 aliphatic rings. The molecule has 1 aromatic carbocycles. The number of ether oxygens (including phenoxy) is 1. The Balaban J connectivity index is 2.99. The van der Waals surface area contributed by atoms with Crippen molar-refractivity contribution in [2.24, 2.45) is 5.92 Å². The molecule has 0 aliphatic carbocycles. The average molecular weight is 318 g/mol. The molecule has 0 heterocycles. The largest absolute Gasteiger partial charge is 0.477 e. The zero-order valence-corrected chi connectivity index (χ0v) is 13.8. The minimum absolute atomic E-state index is 0.00267. The molecule has 20 heavy (non-hydrogen) atoms. The lowest BCUT2D eigenvalue weighted by Gasteiger charge is -2.33. The highest BCUT2D eigenvalue weighted by atomic mass is 35.5. The van der Waals surface area contributed by atoms with Crippen LogP contribution in [0.3, 0.4) is 0 Å². The standard InChI is InChI=1S/C15H21Cl2NO2/c1-5-6-18-14(19)15(4,10(2)3)20-13-8-11(16)7-12(17)9-13/h7-10H,5-6H2,1-4H3,(H,18,19). The van der Waals surface area contributed by atoms with Gasteiger partial charge in [-0.2, -0.15) is 0 Å². The van der Waals surface area contributed by atoms with Crippen LogP contribution in [0, 0.1) is 5.92 Å². The maximum absolute atomic E-state index is 12.3. The van der Waals surface area contributed by atoms with Crippen molar-refractivity contribution in [2.75, 3.05) is 6.54 Å². The Morgan fingerprint density at radius 1 is 1.30 bits per heavy atom. The van der Waals surface area contributed by atoms with Crippen LogP contribution in [0.25, 0.3) is 0 Å². The highest BCUT2D eigenvalue weighted by Crippen LogP contribution is 2.30. The van der Waals surface area contributed by atoms with Gasteiger partial charge in [-0.3, -0.25) is 4.79 Å². The van der Waals surface area contributed by atoms with Gasteiger partial charge >= 0.3 is 0 Å². The number of hydrogen-bond donors (Lipinski definition) is 1. The first-order valence-corrected chi connectivity index (χ1v) is 7.48. The zero-order chi connectivity index (χ0) is 15.3. The lowest BCUT2D eigenvalue weighted by Crippen LogP contribution is -2.52. The highest BCUT2D eigenvalue weighted by molar-refractivity contribution is 6.34. The van der Waals surface area contributed by atoms with Crippen molar-refractivity contribution in [2.45, 2.75) is 39.7 Å². The fraction of sp³-hybridized carbons (Fsp3) is 0.533. The van der Waals surface area contributed by atoms with E-state index in [0.717, 1.165) is 6.42 Å². The molecule has 1 atom stereocenters. The number of benzene rings is 1. The SMILES string of the molecule is CCCNC(=O)C(C)(Oc1cc(Cl)cc(Cl)c1)C(C)C. The van der Waals surface area contributed by atoms with Gasteiger partial charge in [0.05, 0.1) is 0 Å². The van der Waals surface area contributed by atoms with E-state index >= 15 is 0 Å². The predicted octanol–water partition coefficient (Wildman–Crippen LogP) is 4.31. The van der Waals surface area contributed by atoms with E-state index in [1.54, 1.807) is 25.1 Å². The Kier molecular flexibility index (Phi) is 6.15. The van der Waals surface area contributed by atoms with Crippen LogP contribution in [0.4, 0.5) is 0 Å². The molecular weight excluding hydrogens is 297 g/mol. The molecule has 1 unspecified atom stereocenters. The Morgan fingerprint density at radius 2 is 1.85 bits per heavy atom. The van der Waals surface area contributed by atoms with E-state index in [2.05, 4.69) is 5.32 Å². The van der Waals surface area contributed by atoms with Crippen LogP contribution in [0.5, 0.6) is 5.75 Å². The van der Waals surface area contributed by atoms with Crippen LogP contribution in [0.2, 0.25) is 10.0 Å². The minimum atomic E-state index is -0.969. The Bertz CT molecular complexity index is 457. The van der Waals surface area contributed by atoms with Gasteiger partial charge in [-0.05, 0) is 31.5 Å². The average Bonchev–Trinajstić information content (AvgIpc) is 2.34. The summed E-state index contributed by atoms with van der Waals surface area (Å²) in [6.07, 6.45) is 0.878. The van der Waals surface area contributed by atoms with Crippen molar-refractivity contribution in [3.05, 3.63) is 28.2 Å². The second-order valence-electron chi connectivity index (χ2n) is 5.22. The highest BCUT2D eigenvalue weighted by Gasteiger charge is 2.39. The minimum Gasteiger partial charge on any atom is -0.477 e. The molecule has 0 fully saturated rings. The number of hydrogen-bond acceptors (Lipinski definition) is 2. The first-order chi connectivity index (χ1) is 9.29. The molecule has 1 aromatic rings. The molecule has 0 radical (unpaired) electrons. The van der Waals surface area contributed by atoms with Crippen LogP contribution in [-0.2, 0) is 4.79 Å². The van der Waals surface area contributed by atoms with Gasteiger partial charge in [0.15, 0.2) is 5.60 Å². The molecule has 0 saturated heterocycles. The summed E-state index contributed by atoms with van der Waals surface area (Å²) in [5.41, 5.74) is -0.969. The second kappa shape index (κ2) is 7.19. The third-order valence-electron chi connectivity index (χ3n) is 3.25. The summed E-state index contributed by atoms with van der Waals surface area (Å²) in [7, 11) is 0. The molecule has 0 bridgehead atoms. The summed E-state index contributed by atoms with van der Waals surface area (Å²) in [6.45, 7) is 8.29. The van der Waals surface area contributed by atoms with E-state index in [9.17, 15) is 4.79 Å². The Hall–Kier alpha value is -0.930. The van der Waals surface area contributed by atoms with Crippen molar-refractivity contribution >= 4 is 29.1 Å². The van der Waals surface area contributed by atoms with Crippen molar-refractivity contribution < 1.29 is 9.53 Å². The summed E-state index contributed by atoms with van der Waals surface area (Å²) in [5.74, 6) is 0.355. The lowest BCUT2D eigenvalue weighted by molar-refractivity contribution is -0.139. The number of carbonyl (C=O) groups is 1. The molecule has 0 aliphatic heterocycles. The van der Waals surface area contributed by atoms with E-state index < -0.39 is 5.60 Å². The first kappa shape index (κ1) is 17.1. The smallest absolute Gasteiger partial charge is 0.264 e. The first-order valence-electron chi connectivity index (χ1n) is 6.73. The monoisotopic (exact) mass is 317 g/mol. The zero-order valence-electron chi connectivity index (χ0n) is 12.3. The molecule has 3 nitrogen and oxygen atoms in total. The van der Waals surface area contributed by atoms with Crippen molar-refractivity contribution in [3.63, 3.8) is 0 Å². The number of halogens is 2. The van der Waals surface area contributed by atoms with Crippen molar-refractivity contribution in [1.29, 1.82) is 0 Å². The number of carbonyl (C=O) groups excluding carboxylic acids is 1. The summed E-state index contributed by atoms with van der Waals surface area (Å²) in [4.78, 5) is 12.3. The maximum atomic E-state index is 12.3. The van der Waals surface area contributed by atoms with Crippen molar-refractivity contribution in [3.8, 4) is 5.75 Å². The van der Waals surface area contributed by atoms with Gasteiger partial charge in [0.25, 0.3) is 5.91 Å². The van der Waals surface area contributed by atoms with Crippen LogP contribution in [0.1, 0.15) is 34.1 Å². The summed E-state index contributed by atoms with van der Waals surface area (Å²) >= 11 is 11.9. The fourth-order valence-corrected chi connectivity index (χ4v) is 2.18. The summed E-state index contributed by atoms with van der Waals surface area (Å²) in [5, 5.41) is 3.83. The van der Waals surface area contributed by atoms with Gasteiger partial charge in [0.1, 0.15) is 5.75 Å². The van der Waals surface area contributed by atoms with E-state index in [1.165, 1.54) is 0 Å². The van der Waals surface area contributed by atoms with Gasteiger partial charge in [0, 0.05) is 22.5 Å². The van der Waals surface area contributed by atoms with E-state index in [4.69, 9.17) is 27.9 Å². The lowest BCUT2D eigenvalue weighted by atomic mass is 9.91. The quantitative estimate of drug-likeness (QED) is 0.848. The second-order valence-corrected chi connectivity index (χ2v) is 6.10. The van der Waals surface area contributed by atoms with Gasteiger partial charge < -0.3 is 10.1 Å². The fourth-order valence-electron chi connectivity index (χ4n) is 1.67. The van der Waals surface area contributed by atoms with Gasteiger partial charge in [0.2, 0.25) is 0 Å². The van der Waals surface area contributed by atoms with Gasteiger partial charge in [-0.15, -0.1) is 0 Å². The van der Waals surface area contributed by atoms with Gasteiger partial charge in [-0.1, -0.05) is 44.0 Å². The van der Waals surface area contributed by atoms with E-state index in [0.29, 0.717) is 22.3 Å². The molecular formula is C15H21Cl2NO2. The van der Waals surface area contributed by atoms with Crippen LogP contribution >= 0.6 is 23.2 Å². The van der Waals surface area contributed by atoms with Crippen LogP contribution in [0.15, 0.2) is 18.2 Å². The summed E-state index contributed by atoms with van der Waals surface area (Å²) in [6, 6.07) is 4.93. The molecule has 5 heteroatoms. The maximum Gasteiger partial charge on any atom is 0.264 e. The number of rotatable bonds is 6. The number of amides is 1. The van der Waals surface area contributed by atoms with E-state index in [1.807, 2.05) is 20.8 Å². The van der Waals surface area contributed by atoms with Crippen molar-refractivity contribution in [1.82, 2.24) is 5.32 Å². The Morgan fingerprint density at radius 3 is 2.30 bits per heavy atom.